The molecule has 0 saturated carbocycles. The average Bonchev–Trinajstić information content (AvgIpc) is 2.07. The fourth-order valence-corrected chi connectivity index (χ4v) is 1.01. The number of hydrogen-bond acceptors (Lipinski definition) is 1. The molecule has 0 spiro atoms. The fraction of sp³-hybridized carbons (Fsp3) is 0.111. The van der Waals surface area contributed by atoms with E-state index in [1.54, 1.807) is 0 Å². The molecule has 0 unspecified atom stereocenters. The second-order valence-corrected chi connectivity index (χ2v) is 2.63. The second-order valence-electron chi connectivity index (χ2n) is 2.20. The first kappa shape index (κ1) is 9.99. The lowest BCUT2D eigenvalue weighted by Gasteiger charge is -2.07. The molecular weight excluding hydrogens is 198 g/mol. The first-order valence-electron chi connectivity index (χ1n) is 3.41. The van der Waals surface area contributed by atoms with Gasteiger partial charge < -0.3 is 4.74 Å². The van der Waals surface area contributed by atoms with Crippen molar-refractivity contribution in [2.24, 2.45) is 0 Å². The molecule has 4 heteroatoms. The van der Waals surface area contributed by atoms with Gasteiger partial charge in [0.15, 0.2) is 0 Å². The summed E-state index contributed by atoms with van der Waals surface area (Å²) >= 11 is 5.62. The number of halogens is 3. The zero-order valence-corrected chi connectivity index (χ0v) is 7.31. The zero-order valence-electron chi connectivity index (χ0n) is 6.56. The van der Waals surface area contributed by atoms with E-state index in [1.807, 2.05) is 0 Å². The molecule has 0 aliphatic heterocycles. The van der Waals surface area contributed by atoms with E-state index in [0.29, 0.717) is 10.6 Å². The van der Waals surface area contributed by atoms with E-state index < -0.39 is 6.61 Å². The van der Waals surface area contributed by atoms with Gasteiger partial charge in [0.1, 0.15) is 5.75 Å². The van der Waals surface area contributed by atoms with Crippen LogP contribution in [0.3, 0.4) is 0 Å². The minimum Gasteiger partial charge on any atom is -0.434 e. The quantitative estimate of drug-likeness (QED) is 0.733. The third kappa shape index (κ3) is 2.70. The van der Waals surface area contributed by atoms with Crippen LogP contribution >= 0.6 is 11.6 Å². The molecule has 0 atom stereocenters. The van der Waals surface area contributed by atoms with Crippen molar-refractivity contribution in [3.05, 3.63) is 41.4 Å². The number of hydrogen-bond donors (Lipinski definition) is 0. The van der Waals surface area contributed by atoms with Gasteiger partial charge >= 0.3 is 6.61 Å². The van der Waals surface area contributed by atoms with E-state index in [-0.39, 0.29) is 5.75 Å². The van der Waals surface area contributed by atoms with Crippen molar-refractivity contribution in [3.63, 3.8) is 0 Å². The fourth-order valence-electron chi connectivity index (χ4n) is 0.839. The summed E-state index contributed by atoms with van der Waals surface area (Å²) in [6, 6.07) is 4.26. The Morgan fingerprint density at radius 1 is 1.46 bits per heavy atom. The third-order valence-electron chi connectivity index (χ3n) is 1.35. The summed E-state index contributed by atoms with van der Waals surface area (Å²) in [7, 11) is 0. The largest absolute Gasteiger partial charge is 0.434 e. The number of alkyl halides is 2. The normalized spacial score (nSPS) is 10.2. The standard InChI is InChI=1S/C9H6ClF2O/c1-2-6-5-7(10)3-4-8(6)13-9(11)12/h3-5,9H,1H2. The smallest absolute Gasteiger partial charge is 0.387 e. The molecule has 13 heavy (non-hydrogen) atoms. The molecule has 0 N–H and O–H groups in total. The van der Waals surface area contributed by atoms with Crippen LogP contribution in [0.25, 0.3) is 0 Å². The molecule has 1 aromatic carbocycles. The summed E-state index contributed by atoms with van der Waals surface area (Å²) in [4.78, 5) is 0. The van der Waals surface area contributed by atoms with Crippen LogP contribution in [0.15, 0.2) is 24.8 Å². The predicted octanol–water partition coefficient (Wildman–Crippen LogP) is 3.28. The van der Waals surface area contributed by atoms with E-state index in [9.17, 15) is 8.78 Å². The topological polar surface area (TPSA) is 9.23 Å². The Labute approximate surface area is 79.6 Å². The van der Waals surface area contributed by atoms with Gasteiger partial charge in [-0.25, -0.2) is 0 Å². The molecule has 0 aliphatic carbocycles. The Hall–Kier alpha value is -1.09. The monoisotopic (exact) mass is 203 g/mol. The van der Waals surface area contributed by atoms with Gasteiger partial charge in [0.05, 0.1) is 0 Å². The maximum atomic E-state index is 11.8. The van der Waals surface area contributed by atoms with Crippen molar-refractivity contribution in [3.8, 4) is 5.75 Å². The number of benzene rings is 1. The molecular formula is C9H6ClF2O. The van der Waals surface area contributed by atoms with Gasteiger partial charge in [-0.3, -0.25) is 0 Å². The molecule has 1 radical (unpaired) electrons. The van der Waals surface area contributed by atoms with E-state index in [1.165, 1.54) is 18.2 Å². The predicted molar refractivity (Wildman–Crippen MR) is 46.1 cm³/mol. The molecule has 0 saturated heterocycles. The lowest BCUT2D eigenvalue weighted by Crippen LogP contribution is -2.03. The maximum absolute atomic E-state index is 11.8. The highest BCUT2D eigenvalue weighted by Crippen LogP contribution is 2.24. The van der Waals surface area contributed by atoms with Crippen LogP contribution in [0.1, 0.15) is 5.56 Å². The Morgan fingerprint density at radius 2 is 2.15 bits per heavy atom. The molecule has 0 fully saturated rings. The summed E-state index contributed by atoms with van der Waals surface area (Å²) in [6.07, 6.45) is 2.45. The summed E-state index contributed by atoms with van der Waals surface area (Å²) in [5.41, 5.74) is 0.327. The van der Waals surface area contributed by atoms with Crippen LogP contribution in [0.5, 0.6) is 5.75 Å². The van der Waals surface area contributed by atoms with Crippen molar-refractivity contribution in [1.29, 1.82) is 0 Å². The summed E-state index contributed by atoms with van der Waals surface area (Å²) < 4.78 is 27.9. The maximum Gasteiger partial charge on any atom is 0.387 e. The van der Waals surface area contributed by atoms with Gasteiger partial charge in [-0.15, -0.1) is 0 Å². The van der Waals surface area contributed by atoms with Crippen molar-refractivity contribution < 1.29 is 13.5 Å². The molecule has 69 valence electrons. The highest BCUT2D eigenvalue weighted by molar-refractivity contribution is 6.30. The SMILES string of the molecule is C=[C]c1cc(Cl)ccc1OC(F)F. The molecule has 1 nitrogen and oxygen atoms in total. The van der Waals surface area contributed by atoms with Crippen molar-refractivity contribution in [2.45, 2.75) is 6.61 Å². The van der Waals surface area contributed by atoms with E-state index in [2.05, 4.69) is 17.4 Å². The van der Waals surface area contributed by atoms with Crippen molar-refractivity contribution in [2.75, 3.05) is 0 Å². The third-order valence-corrected chi connectivity index (χ3v) is 1.58. The summed E-state index contributed by atoms with van der Waals surface area (Å²) in [5.74, 6) is 0.0226. The number of ether oxygens (including phenoxy) is 1. The van der Waals surface area contributed by atoms with Gasteiger partial charge in [-0.1, -0.05) is 18.2 Å². The van der Waals surface area contributed by atoms with Gasteiger partial charge in [0, 0.05) is 10.6 Å². The Bertz CT molecular complexity index is 312. The first-order valence-corrected chi connectivity index (χ1v) is 3.78. The first-order chi connectivity index (χ1) is 6.13. The minimum atomic E-state index is -2.85. The van der Waals surface area contributed by atoms with Gasteiger partial charge in [0.25, 0.3) is 0 Å². The van der Waals surface area contributed by atoms with Gasteiger partial charge in [-0.05, 0) is 24.3 Å². The minimum absolute atomic E-state index is 0.0226. The van der Waals surface area contributed by atoms with Crippen LogP contribution in [0, 0.1) is 6.08 Å². The van der Waals surface area contributed by atoms with Crippen LogP contribution in [0.2, 0.25) is 5.02 Å². The van der Waals surface area contributed by atoms with E-state index in [4.69, 9.17) is 11.6 Å². The number of rotatable bonds is 3. The second kappa shape index (κ2) is 4.23. The molecule has 0 bridgehead atoms. The van der Waals surface area contributed by atoms with Gasteiger partial charge in [0.2, 0.25) is 0 Å². The van der Waals surface area contributed by atoms with Crippen molar-refractivity contribution in [1.82, 2.24) is 0 Å². The molecule has 0 aromatic heterocycles. The Balaban J connectivity index is 2.99. The van der Waals surface area contributed by atoms with Crippen molar-refractivity contribution >= 4 is 11.6 Å². The van der Waals surface area contributed by atoms with Crippen LogP contribution in [-0.2, 0) is 0 Å². The average molecular weight is 204 g/mol. The zero-order chi connectivity index (χ0) is 9.84. The van der Waals surface area contributed by atoms with Crippen LogP contribution in [-0.4, -0.2) is 6.61 Å². The Morgan fingerprint density at radius 3 is 2.69 bits per heavy atom. The molecule has 1 aromatic rings. The van der Waals surface area contributed by atoms with Gasteiger partial charge in [-0.2, -0.15) is 8.78 Å². The molecule has 0 aliphatic rings. The lowest BCUT2D eigenvalue weighted by atomic mass is 10.2. The molecule has 0 heterocycles. The van der Waals surface area contributed by atoms with Crippen LogP contribution in [0.4, 0.5) is 8.78 Å². The highest BCUT2D eigenvalue weighted by atomic mass is 35.5. The van der Waals surface area contributed by atoms with E-state index in [0.717, 1.165) is 0 Å². The van der Waals surface area contributed by atoms with E-state index >= 15 is 0 Å². The molecule has 0 amide bonds. The molecule has 1 rings (SSSR count). The highest BCUT2D eigenvalue weighted by Gasteiger charge is 2.07. The summed E-state index contributed by atoms with van der Waals surface area (Å²) in [5, 5.41) is 0.424. The Kier molecular flexibility index (Phi) is 3.25. The summed E-state index contributed by atoms with van der Waals surface area (Å²) in [6.45, 7) is 0.478. The lowest BCUT2D eigenvalue weighted by molar-refractivity contribution is -0.0501. The van der Waals surface area contributed by atoms with Crippen LogP contribution < -0.4 is 4.74 Å².